The van der Waals surface area contributed by atoms with E-state index in [-0.39, 0.29) is 0 Å². The van der Waals surface area contributed by atoms with E-state index in [1.807, 2.05) is 36.1 Å². The van der Waals surface area contributed by atoms with Crippen molar-refractivity contribution in [3.8, 4) is 5.69 Å². The molecule has 0 aliphatic heterocycles. The fourth-order valence-corrected chi connectivity index (χ4v) is 2.47. The number of para-hydroxylation sites is 1. The van der Waals surface area contributed by atoms with Crippen LogP contribution in [0.15, 0.2) is 42.7 Å². The molecule has 4 heteroatoms. The van der Waals surface area contributed by atoms with E-state index in [0.717, 1.165) is 41.8 Å². The Balaban J connectivity index is 2.05. The van der Waals surface area contributed by atoms with Crippen LogP contribution in [0.4, 0.5) is 0 Å². The lowest BCUT2D eigenvalue weighted by molar-refractivity contribution is 0.669. The van der Waals surface area contributed by atoms with Crippen LogP contribution in [0.3, 0.4) is 0 Å². The van der Waals surface area contributed by atoms with Crippen LogP contribution in [-0.2, 0) is 6.54 Å². The van der Waals surface area contributed by atoms with Crippen LogP contribution < -0.4 is 5.32 Å². The number of rotatable bonds is 5. The Kier molecular flexibility index (Phi) is 3.97. The molecule has 3 rings (SSSR count). The number of aromatic nitrogens is 3. The second kappa shape index (κ2) is 6.06. The summed E-state index contributed by atoms with van der Waals surface area (Å²) in [6.07, 6.45) is 4.98. The molecule has 1 aromatic carbocycles. The molecule has 0 aliphatic carbocycles. The molecule has 0 saturated carbocycles. The van der Waals surface area contributed by atoms with Gasteiger partial charge in [-0.05, 0) is 32.0 Å². The molecule has 0 amide bonds. The van der Waals surface area contributed by atoms with Crippen LogP contribution in [-0.4, -0.2) is 21.3 Å². The summed E-state index contributed by atoms with van der Waals surface area (Å²) in [4.78, 5) is 4.43. The third-order valence-electron chi connectivity index (χ3n) is 3.55. The molecule has 21 heavy (non-hydrogen) atoms. The topological polar surface area (TPSA) is 42.7 Å². The molecular formula is C17H20N4. The molecule has 0 saturated heterocycles. The minimum atomic E-state index is 0.810. The van der Waals surface area contributed by atoms with Crippen molar-refractivity contribution in [3.05, 3.63) is 54.0 Å². The van der Waals surface area contributed by atoms with Gasteiger partial charge in [0.05, 0.1) is 17.4 Å². The third-order valence-corrected chi connectivity index (χ3v) is 3.55. The molecule has 0 aliphatic rings. The molecule has 2 aromatic heterocycles. The van der Waals surface area contributed by atoms with E-state index in [4.69, 9.17) is 0 Å². The first-order chi connectivity index (χ1) is 10.3. The van der Waals surface area contributed by atoms with E-state index in [2.05, 4.69) is 40.5 Å². The number of hydrogen-bond acceptors (Lipinski definition) is 3. The number of hydrogen-bond donors (Lipinski definition) is 1. The quantitative estimate of drug-likeness (QED) is 0.730. The summed E-state index contributed by atoms with van der Waals surface area (Å²) >= 11 is 0. The molecule has 2 heterocycles. The van der Waals surface area contributed by atoms with Crippen molar-refractivity contribution in [2.75, 3.05) is 6.54 Å². The summed E-state index contributed by atoms with van der Waals surface area (Å²) in [5.41, 5.74) is 4.40. The van der Waals surface area contributed by atoms with Gasteiger partial charge in [-0.2, -0.15) is 5.10 Å². The van der Waals surface area contributed by atoms with Crippen LogP contribution >= 0.6 is 0 Å². The van der Waals surface area contributed by atoms with Crippen molar-refractivity contribution in [2.24, 2.45) is 0 Å². The van der Waals surface area contributed by atoms with E-state index in [1.165, 1.54) is 5.56 Å². The minimum absolute atomic E-state index is 0.810. The van der Waals surface area contributed by atoms with Crippen LogP contribution in [0.25, 0.3) is 16.6 Å². The van der Waals surface area contributed by atoms with E-state index in [9.17, 15) is 0 Å². The summed E-state index contributed by atoms with van der Waals surface area (Å²) in [6, 6.07) is 10.4. The van der Waals surface area contributed by atoms with Crippen LogP contribution in [0.1, 0.15) is 24.6 Å². The van der Waals surface area contributed by atoms with Gasteiger partial charge in [0.2, 0.25) is 0 Å². The standard InChI is InChI=1S/C17H20N4/c1-3-8-18-10-15-11-19-13(2)9-17(15)21-16-7-5-4-6-14(16)12-20-21/h4-7,9,11-12,18H,3,8,10H2,1-2H3. The van der Waals surface area contributed by atoms with Crippen LogP contribution in [0.2, 0.25) is 0 Å². The predicted molar refractivity (Wildman–Crippen MR) is 85.6 cm³/mol. The van der Waals surface area contributed by atoms with Crippen molar-refractivity contribution in [3.63, 3.8) is 0 Å². The van der Waals surface area contributed by atoms with Gasteiger partial charge in [-0.25, -0.2) is 4.68 Å². The Morgan fingerprint density at radius 2 is 2.05 bits per heavy atom. The predicted octanol–water partition coefficient (Wildman–Crippen LogP) is 3.23. The lowest BCUT2D eigenvalue weighted by Crippen LogP contribution is -2.16. The molecule has 1 N–H and O–H groups in total. The summed E-state index contributed by atoms with van der Waals surface area (Å²) in [6.45, 7) is 6.00. The highest BCUT2D eigenvalue weighted by molar-refractivity contribution is 5.80. The highest BCUT2D eigenvalue weighted by atomic mass is 15.3. The number of benzene rings is 1. The number of nitrogens with one attached hydrogen (secondary N) is 1. The van der Waals surface area contributed by atoms with Gasteiger partial charge in [-0.3, -0.25) is 4.98 Å². The van der Waals surface area contributed by atoms with E-state index in [1.54, 1.807) is 0 Å². The average molecular weight is 280 g/mol. The summed E-state index contributed by atoms with van der Waals surface area (Å²) in [5, 5.41) is 9.15. The van der Waals surface area contributed by atoms with Crippen molar-refractivity contribution in [1.82, 2.24) is 20.1 Å². The van der Waals surface area contributed by atoms with Crippen molar-refractivity contribution >= 4 is 10.9 Å². The van der Waals surface area contributed by atoms with Crippen molar-refractivity contribution < 1.29 is 0 Å². The van der Waals surface area contributed by atoms with Gasteiger partial charge in [0, 0.05) is 29.4 Å². The highest BCUT2D eigenvalue weighted by Crippen LogP contribution is 2.21. The molecular weight excluding hydrogens is 260 g/mol. The molecule has 0 unspecified atom stereocenters. The molecule has 4 nitrogen and oxygen atoms in total. The fraction of sp³-hybridized carbons (Fsp3) is 0.294. The Morgan fingerprint density at radius 3 is 2.90 bits per heavy atom. The maximum Gasteiger partial charge on any atom is 0.0741 e. The van der Waals surface area contributed by atoms with Crippen molar-refractivity contribution in [2.45, 2.75) is 26.8 Å². The maximum atomic E-state index is 4.56. The second-order valence-corrected chi connectivity index (χ2v) is 5.25. The largest absolute Gasteiger partial charge is 0.313 e. The molecule has 0 radical (unpaired) electrons. The highest BCUT2D eigenvalue weighted by Gasteiger charge is 2.10. The minimum Gasteiger partial charge on any atom is -0.313 e. The lowest BCUT2D eigenvalue weighted by atomic mass is 10.2. The zero-order chi connectivity index (χ0) is 14.7. The molecule has 0 bridgehead atoms. The SMILES string of the molecule is CCCNCc1cnc(C)cc1-n1ncc2ccccc21. The second-order valence-electron chi connectivity index (χ2n) is 5.25. The molecule has 3 aromatic rings. The van der Waals surface area contributed by atoms with Gasteiger partial charge >= 0.3 is 0 Å². The van der Waals surface area contributed by atoms with Crippen molar-refractivity contribution in [1.29, 1.82) is 0 Å². The number of fused-ring (bicyclic) bond motifs is 1. The van der Waals surface area contributed by atoms with Crippen LogP contribution in [0, 0.1) is 6.92 Å². The number of nitrogens with zero attached hydrogens (tertiary/aromatic N) is 3. The Hall–Kier alpha value is -2.20. The van der Waals surface area contributed by atoms with Gasteiger partial charge in [0.1, 0.15) is 0 Å². The van der Waals surface area contributed by atoms with Crippen LogP contribution in [0.5, 0.6) is 0 Å². The first-order valence-electron chi connectivity index (χ1n) is 7.39. The number of aryl methyl sites for hydroxylation is 1. The smallest absolute Gasteiger partial charge is 0.0741 e. The van der Waals surface area contributed by atoms with Gasteiger partial charge in [-0.1, -0.05) is 25.1 Å². The zero-order valence-electron chi connectivity index (χ0n) is 12.5. The normalized spacial score (nSPS) is 11.1. The summed E-state index contributed by atoms with van der Waals surface area (Å²) in [5.74, 6) is 0. The fourth-order valence-electron chi connectivity index (χ4n) is 2.47. The monoisotopic (exact) mass is 280 g/mol. The Labute approximate surface area is 124 Å². The summed E-state index contributed by atoms with van der Waals surface area (Å²) < 4.78 is 2.01. The van der Waals surface area contributed by atoms with Gasteiger partial charge in [0.15, 0.2) is 0 Å². The van der Waals surface area contributed by atoms with E-state index < -0.39 is 0 Å². The van der Waals surface area contributed by atoms with E-state index >= 15 is 0 Å². The molecule has 0 spiro atoms. The molecule has 0 atom stereocenters. The van der Waals surface area contributed by atoms with Gasteiger partial charge < -0.3 is 5.32 Å². The Morgan fingerprint density at radius 1 is 1.19 bits per heavy atom. The van der Waals surface area contributed by atoms with Gasteiger partial charge in [0.25, 0.3) is 0 Å². The first kappa shape index (κ1) is 13.8. The first-order valence-corrected chi connectivity index (χ1v) is 7.39. The molecule has 108 valence electrons. The zero-order valence-corrected chi connectivity index (χ0v) is 12.5. The molecule has 0 fully saturated rings. The Bertz CT molecular complexity index is 745. The number of pyridine rings is 1. The lowest BCUT2D eigenvalue weighted by Gasteiger charge is -2.12. The maximum absolute atomic E-state index is 4.56. The van der Waals surface area contributed by atoms with E-state index in [0.29, 0.717) is 0 Å². The summed E-state index contributed by atoms with van der Waals surface area (Å²) in [7, 11) is 0. The average Bonchev–Trinajstić information content (AvgIpc) is 2.93. The van der Waals surface area contributed by atoms with Gasteiger partial charge in [-0.15, -0.1) is 0 Å². The third kappa shape index (κ3) is 2.81.